The van der Waals surface area contributed by atoms with Gasteiger partial charge in [0.15, 0.2) is 0 Å². The van der Waals surface area contributed by atoms with Gasteiger partial charge in [-0.2, -0.15) is 13.9 Å². The molecule has 1 fully saturated rings. The molecule has 29 heavy (non-hydrogen) atoms. The lowest BCUT2D eigenvalue weighted by atomic mass is 10.1. The molecular weight excluding hydrogens is 507 g/mol. The fraction of sp³-hybridized carbons (Fsp3) is 0.350. The van der Waals surface area contributed by atoms with Gasteiger partial charge in [0.1, 0.15) is 5.82 Å². The summed E-state index contributed by atoms with van der Waals surface area (Å²) < 4.78 is 11.3. The van der Waals surface area contributed by atoms with Crippen molar-refractivity contribution in [2.75, 3.05) is 25.1 Å². The first-order chi connectivity index (χ1) is 13.9. The van der Waals surface area contributed by atoms with Gasteiger partial charge in [0.2, 0.25) is 5.88 Å². The molecule has 1 saturated heterocycles. The maximum Gasteiger partial charge on any atom is 0.310 e. The van der Waals surface area contributed by atoms with E-state index in [0.29, 0.717) is 21.9 Å². The molecule has 1 aromatic carbocycles. The summed E-state index contributed by atoms with van der Waals surface area (Å²) in [5, 5.41) is 0.522. The van der Waals surface area contributed by atoms with Crippen LogP contribution in [-0.4, -0.2) is 45.0 Å². The third-order valence-electron chi connectivity index (χ3n) is 4.87. The predicted octanol–water partition coefficient (Wildman–Crippen LogP) is 0.734. The van der Waals surface area contributed by atoms with Crippen molar-refractivity contribution in [3.8, 4) is 23.0 Å². The summed E-state index contributed by atoms with van der Waals surface area (Å²) in [5.41, 5.74) is 2.85. The van der Waals surface area contributed by atoms with Gasteiger partial charge in [-0.05, 0) is 24.3 Å². The summed E-state index contributed by atoms with van der Waals surface area (Å²) in [5.74, 6) is 0.975. The molecule has 1 N–H and O–H groups in total. The van der Waals surface area contributed by atoms with Gasteiger partial charge < -0.3 is 41.9 Å². The summed E-state index contributed by atoms with van der Waals surface area (Å²) in [6.07, 6.45) is 2.30. The lowest BCUT2D eigenvalue weighted by Gasteiger charge is -2.36. The van der Waals surface area contributed by atoms with Crippen molar-refractivity contribution < 1.29 is 36.9 Å². The van der Waals surface area contributed by atoms with Crippen molar-refractivity contribution in [3.63, 3.8) is 0 Å². The van der Waals surface area contributed by atoms with Crippen molar-refractivity contribution in [2.45, 2.75) is 23.7 Å². The van der Waals surface area contributed by atoms with Crippen LogP contribution in [-0.2, 0) is 4.79 Å². The second kappa shape index (κ2) is 8.35. The number of pyridine rings is 1. The number of piperidine rings is 1. The summed E-state index contributed by atoms with van der Waals surface area (Å²) in [4.78, 5) is 25.4. The molecule has 3 aromatic rings. The molecule has 0 bridgehead atoms. The Morgan fingerprint density at radius 3 is 2.69 bits per heavy atom. The van der Waals surface area contributed by atoms with E-state index >= 15 is 0 Å². The SMILES string of the molecule is COc1nc(N2CCC([I-])CC2)ccc1-c1cc2nc(OC(C)=O)[nH]c2cc1Cl. The van der Waals surface area contributed by atoms with Crippen LogP contribution in [0.3, 0.4) is 0 Å². The summed E-state index contributed by atoms with van der Waals surface area (Å²) in [6, 6.07) is 7.71. The van der Waals surface area contributed by atoms with Crippen molar-refractivity contribution >= 4 is 34.4 Å². The molecule has 4 rings (SSSR count). The summed E-state index contributed by atoms with van der Waals surface area (Å²) in [6.45, 7) is 3.30. The monoisotopic (exact) mass is 526 g/mol. The fourth-order valence-electron chi connectivity index (χ4n) is 3.44. The number of carbonyl (C=O) groups excluding carboxylic acids is 1. The number of methoxy groups -OCH3 is 1. The van der Waals surface area contributed by atoms with Gasteiger partial charge in [-0.3, -0.25) is 4.79 Å². The van der Waals surface area contributed by atoms with Crippen LogP contribution in [0, 0.1) is 0 Å². The van der Waals surface area contributed by atoms with E-state index < -0.39 is 5.97 Å². The second-order valence-electron chi connectivity index (χ2n) is 6.87. The number of carbonyl (C=O) groups is 1. The number of imidazole rings is 1. The van der Waals surface area contributed by atoms with E-state index in [0.717, 1.165) is 46.8 Å². The van der Waals surface area contributed by atoms with Crippen LogP contribution in [0.25, 0.3) is 22.2 Å². The Labute approximate surface area is 186 Å². The first-order valence-corrected chi connectivity index (χ1v) is 10.9. The Hall–Kier alpha value is -2.07. The minimum Gasteiger partial charge on any atom is -0.793 e. The lowest BCUT2D eigenvalue weighted by Crippen LogP contribution is -3.39. The topological polar surface area (TPSA) is 80.3 Å². The maximum absolute atomic E-state index is 11.2. The van der Waals surface area contributed by atoms with Crippen LogP contribution in [0.1, 0.15) is 19.8 Å². The van der Waals surface area contributed by atoms with Gasteiger partial charge in [0.25, 0.3) is 0 Å². The van der Waals surface area contributed by atoms with Crippen LogP contribution in [0.4, 0.5) is 5.82 Å². The molecule has 1 radical (unpaired) electrons. The number of ether oxygens (including phenoxy) is 2. The zero-order valence-electron chi connectivity index (χ0n) is 16.0. The van der Waals surface area contributed by atoms with Gasteiger partial charge in [-0.15, -0.1) is 0 Å². The van der Waals surface area contributed by atoms with Crippen LogP contribution in [0.15, 0.2) is 24.3 Å². The number of alkyl halides is 1. The Kier molecular flexibility index (Phi) is 5.82. The second-order valence-corrected chi connectivity index (χ2v) is 9.04. The average Bonchev–Trinajstić information content (AvgIpc) is 3.07. The van der Waals surface area contributed by atoms with E-state index in [-0.39, 0.29) is 6.01 Å². The number of aromatic nitrogens is 3. The molecule has 0 aliphatic carbocycles. The van der Waals surface area contributed by atoms with E-state index in [1.54, 1.807) is 13.2 Å². The van der Waals surface area contributed by atoms with Gasteiger partial charge in [0.05, 0.1) is 23.2 Å². The quantitative estimate of drug-likeness (QED) is 0.307. The van der Waals surface area contributed by atoms with Gasteiger partial charge >= 0.3 is 12.0 Å². The van der Waals surface area contributed by atoms with Gasteiger partial charge in [-0.25, -0.2) is 0 Å². The molecule has 153 valence electrons. The first-order valence-electron chi connectivity index (χ1n) is 9.26. The zero-order chi connectivity index (χ0) is 20.5. The summed E-state index contributed by atoms with van der Waals surface area (Å²) >= 11 is 9.05. The Balaban J connectivity index is 1.70. The Morgan fingerprint density at radius 1 is 1.24 bits per heavy atom. The van der Waals surface area contributed by atoms with E-state index in [1.165, 1.54) is 6.92 Å². The number of hydrogen-bond acceptors (Lipinski definition) is 6. The van der Waals surface area contributed by atoms with Crippen LogP contribution in [0.5, 0.6) is 11.9 Å². The molecule has 1 aliphatic rings. The lowest BCUT2D eigenvalue weighted by molar-refractivity contribution is -0.423. The van der Waals surface area contributed by atoms with Crippen LogP contribution < -0.4 is 37.0 Å². The fourth-order valence-corrected chi connectivity index (χ4v) is 4.26. The molecule has 9 heteroatoms. The van der Waals surface area contributed by atoms with E-state index in [9.17, 15) is 4.79 Å². The Morgan fingerprint density at radius 2 is 2.00 bits per heavy atom. The number of aromatic amines is 1. The molecule has 7 nitrogen and oxygen atoms in total. The summed E-state index contributed by atoms with van der Waals surface area (Å²) in [7, 11) is 1.60. The average molecular weight is 527 g/mol. The number of nitrogens with zero attached hydrogens (tertiary/aromatic N) is 3. The molecule has 0 saturated carbocycles. The molecule has 1 aliphatic heterocycles. The number of H-pyrrole nitrogens is 1. The third-order valence-corrected chi connectivity index (χ3v) is 6.43. The largest absolute Gasteiger partial charge is 0.793 e. The number of halogens is 2. The van der Waals surface area contributed by atoms with Crippen LogP contribution in [0.2, 0.25) is 5.02 Å². The van der Waals surface area contributed by atoms with E-state index in [1.807, 2.05) is 18.2 Å². The number of anilines is 1. The molecule has 0 unspecified atom stereocenters. The maximum atomic E-state index is 11.2. The molecule has 0 atom stereocenters. The highest BCUT2D eigenvalue weighted by atomic mass is 127. The van der Waals surface area contributed by atoms with Crippen molar-refractivity contribution in [3.05, 3.63) is 29.3 Å². The Bertz CT molecular complexity index is 1060. The highest BCUT2D eigenvalue weighted by Crippen LogP contribution is 2.37. The molecule has 2 aromatic heterocycles. The predicted molar refractivity (Wildman–Crippen MR) is 107 cm³/mol. The first kappa shape index (κ1) is 20.2. The van der Waals surface area contributed by atoms with Crippen molar-refractivity contribution in [1.82, 2.24) is 15.0 Å². The van der Waals surface area contributed by atoms with Gasteiger partial charge in [-0.1, -0.05) is 24.4 Å². The van der Waals surface area contributed by atoms with Crippen molar-refractivity contribution in [2.24, 2.45) is 0 Å². The van der Waals surface area contributed by atoms with E-state index in [4.69, 9.17) is 26.1 Å². The smallest absolute Gasteiger partial charge is 0.310 e. The highest BCUT2D eigenvalue weighted by Gasteiger charge is 2.19. The van der Waals surface area contributed by atoms with Crippen LogP contribution >= 0.6 is 11.6 Å². The number of esters is 1. The standard InChI is InChI=1S/C20H20ClIN4O3/c1-11(27)29-20-23-16-9-14(15(21)10-17(16)24-20)13-3-4-18(25-19(13)28-2)26-7-5-12(22)6-8-26/h3-4,9-10,12H,5-8H2,1-2H3,(H,23,24)/q-1. The number of benzene rings is 1. The molecule has 0 amide bonds. The third kappa shape index (κ3) is 4.28. The van der Waals surface area contributed by atoms with Gasteiger partial charge in [0, 0.05) is 31.1 Å². The molecule has 0 spiro atoms. The number of rotatable bonds is 4. The normalized spacial score (nSPS) is 15.0. The number of hydrogen-bond donors (Lipinski definition) is 1. The molecular formula is C20H20ClIN4O3-. The minimum absolute atomic E-state index is 0.139. The number of fused-ring (bicyclic) bond motifs is 1. The van der Waals surface area contributed by atoms with E-state index in [2.05, 4.69) is 37.5 Å². The number of nitrogens with one attached hydrogen (secondary N) is 1. The van der Waals surface area contributed by atoms with Crippen molar-refractivity contribution in [1.29, 1.82) is 0 Å². The molecule has 3 heterocycles. The zero-order valence-corrected chi connectivity index (χ0v) is 19.0. The minimum atomic E-state index is -0.441. The highest BCUT2D eigenvalue weighted by molar-refractivity contribution is 6.34.